The Labute approximate surface area is 286 Å². The van der Waals surface area contributed by atoms with Crippen molar-refractivity contribution in [3.63, 3.8) is 0 Å². The summed E-state index contributed by atoms with van der Waals surface area (Å²) in [4.78, 5) is 0. The quantitative estimate of drug-likeness (QED) is 0.233. The van der Waals surface area contributed by atoms with Crippen LogP contribution in [0.4, 0.5) is 0 Å². The fraction of sp³-hybridized carbons (Fsp3) is 0. The molecule has 0 aromatic carbocycles. The molecule has 0 aromatic rings. The zero-order valence-corrected chi connectivity index (χ0v) is 28.0. The summed E-state index contributed by atoms with van der Waals surface area (Å²) in [5.41, 5.74) is 0. The van der Waals surface area contributed by atoms with Gasteiger partial charge in [-0.1, -0.05) is 0 Å². The van der Waals surface area contributed by atoms with Crippen molar-refractivity contribution >= 4 is 142 Å². The third-order valence-electron chi connectivity index (χ3n) is 1.33. The molecule has 0 radical (unpaired) electrons. The molecule has 0 amide bonds. The smallest absolute Gasteiger partial charge is 1.00 e. The van der Waals surface area contributed by atoms with E-state index >= 15 is 0 Å². The fourth-order valence-electron chi connectivity index (χ4n) is 0.737. The topological polar surface area (TPSA) is 194 Å². The van der Waals surface area contributed by atoms with E-state index in [4.69, 9.17) is 0 Å². The van der Waals surface area contributed by atoms with Gasteiger partial charge in [-0.05, 0) is 0 Å². The number of halogens is 1. The Kier molecular flexibility index (Phi) is 46.1. The van der Waals surface area contributed by atoms with E-state index in [1.54, 1.807) is 0 Å². The Morgan fingerprint density at radius 3 is 0.542 bits per heavy atom. The number of rotatable bonds is 0. The van der Waals surface area contributed by atoms with Crippen LogP contribution >= 0.6 is 0 Å². The first-order chi connectivity index (χ1) is 8.36. The van der Waals surface area contributed by atoms with E-state index in [0.717, 1.165) is 0 Å². The second-order valence-corrected chi connectivity index (χ2v) is 2.55. The maximum absolute atomic E-state index is 10.0. The summed E-state index contributed by atoms with van der Waals surface area (Å²) in [5.74, 6) is 0. The first-order valence-electron chi connectivity index (χ1n) is 4.24. The molecular formula is B6Ba2FNa3O12. The van der Waals surface area contributed by atoms with Gasteiger partial charge in [0.05, 0.1) is 0 Å². The maximum Gasteiger partial charge on any atom is 2.00 e. The van der Waals surface area contributed by atoms with Gasteiger partial charge in [0.25, 0.3) is 0 Å². The van der Waals surface area contributed by atoms with E-state index in [-0.39, 0.29) is 191 Å². The van der Waals surface area contributed by atoms with Gasteiger partial charge in [-0.3, -0.25) is 0 Å². The van der Waals surface area contributed by atoms with Crippen molar-refractivity contribution in [3.8, 4) is 0 Å². The summed E-state index contributed by atoms with van der Waals surface area (Å²) < 4.78 is 22.8. The predicted molar refractivity (Wildman–Crippen MR) is 52.5 cm³/mol. The standard InChI is InChI=1S/2B3O6.2Ba.FH.3Na/c2*4-1-7-2(5)9-3(6)8-1;;;;;;/h;;;;1H;;;/q2*-3;2*+2;;3*+1/p-1. The van der Waals surface area contributed by atoms with Crippen molar-refractivity contribution in [2.45, 2.75) is 0 Å². The van der Waals surface area contributed by atoms with Gasteiger partial charge in [-0.2, -0.15) is 0 Å². The molecule has 0 aliphatic carbocycles. The summed E-state index contributed by atoms with van der Waals surface area (Å²) in [6.07, 6.45) is 0. The molecule has 0 bridgehead atoms. The first kappa shape index (κ1) is 43.8. The van der Waals surface area contributed by atoms with Crippen LogP contribution in [-0.4, -0.2) is 142 Å². The van der Waals surface area contributed by atoms with E-state index in [9.17, 15) is 30.1 Å². The molecule has 2 aliphatic heterocycles. The Morgan fingerprint density at radius 2 is 0.458 bits per heavy atom. The second kappa shape index (κ2) is 25.2. The molecule has 0 aromatic heterocycles. The van der Waals surface area contributed by atoms with E-state index in [1.807, 2.05) is 0 Å². The van der Waals surface area contributed by atoms with Crippen molar-refractivity contribution in [3.05, 3.63) is 0 Å². The van der Waals surface area contributed by atoms with Gasteiger partial charge in [0.2, 0.25) is 0 Å². The largest absolute Gasteiger partial charge is 2.00 e. The van der Waals surface area contributed by atoms with Gasteiger partial charge >= 0.3 is 230 Å². The van der Waals surface area contributed by atoms with Crippen LogP contribution in [0.1, 0.15) is 0 Å². The molecular weight excluding hydrogens is 619 g/mol. The maximum atomic E-state index is 10.0. The minimum Gasteiger partial charge on any atom is -1.00 e. The normalized spacial score (nSPS) is 15.8. The third-order valence-corrected chi connectivity index (χ3v) is 1.33. The average molecular weight is 619 g/mol. The van der Waals surface area contributed by atoms with Gasteiger partial charge in [0.1, 0.15) is 0 Å². The Bertz CT molecular complexity index is 191. The molecule has 0 spiro atoms. The van der Waals surface area contributed by atoms with Crippen LogP contribution in [0.2, 0.25) is 0 Å². The summed E-state index contributed by atoms with van der Waals surface area (Å²) in [7, 11) is -12.1. The molecule has 0 saturated carbocycles. The molecule has 24 heavy (non-hydrogen) atoms. The Hall–Kier alpha value is 5.98. The molecule has 2 aliphatic rings. The van der Waals surface area contributed by atoms with Crippen LogP contribution in [-0.2, 0) is 27.4 Å². The zero-order chi connectivity index (χ0) is 13.7. The van der Waals surface area contributed by atoms with E-state index in [0.29, 0.717) is 0 Å². The minimum atomic E-state index is -2.01. The summed E-state index contributed by atoms with van der Waals surface area (Å²) >= 11 is 0. The number of hydrogen-bond acceptors (Lipinski definition) is 12. The zero-order valence-electron chi connectivity index (χ0n) is 13.2. The molecule has 104 valence electrons. The summed E-state index contributed by atoms with van der Waals surface area (Å²) in [5, 5.41) is 60.3. The monoisotopic (exact) mass is 622 g/mol. The van der Waals surface area contributed by atoms with Gasteiger partial charge < -0.3 is 62.3 Å². The molecule has 24 heteroatoms. The molecule has 2 saturated heterocycles. The molecule has 2 heterocycles. The molecule has 0 N–H and O–H groups in total. The van der Waals surface area contributed by atoms with Crippen molar-refractivity contribution in [1.82, 2.24) is 0 Å². The molecule has 2 rings (SSSR count). The van der Waals surface area contributed by atoms with Gasteiger partial charge in [-0.25, -0.2) is 0 Å². The Morgan fingerprint density at radius 1 is 0.375 bits per heavy atom. The summed E-state index contributed by atoms with van der Waals surface area (Å²) in [6.45, 7) is 0. The van der Waals surface area contributed by atoms with Crippen LogP contribution < -0.4 is 124 Å². The fourth-order valence-corrected chi connectivity index (χ4v) is 0.737. The molecule has 0 unspecified atom stereocenters. The minimum absolute atomic E-state index is 0. The van der Waals surface area contributed by atoms with Gasteiger partial charge in [-0.15, -0.1) is 0 Å². The van der Waals surface area contributed by atoms with Crippen LogP contribution in [0.5, 0.6) is 0 Å². The summed E-state index contributed by atoms with van der Waals surface area (Å²) in [6, 6.07) is 0. The van der Waals surface area contributed by atoms with E-state index < -0.39 is 43.9 Å². The van der Waals surface area contributed by atoms with Crippen molar-refractivity contribution in [2.75, 3.05) is 0 Å². The van der Waals surface area contributed by atoms with Crippen molar-refractivity contribution < 1.29 is 151 Å². The van der Waals surface area contributed by atoms with Gasteiger partial charge in [0.15, 0.2) is 0 Å². The number of hydrogen-bond donors (Lipinski definition) is 0. The van der Waals surface area contributed by atoms with E-state index in [2.05, 4.69) is 27.4 Å². The van der Waals surface area contributed by atoms with Crippen LogP contribution in [0.25, 0.3) is 0 Å². The van der Waals surface area contributed by atoms with E-state index in [1.165, 1.54) is 0 Å². The van der Waals surface area contributed by atoms with Crippen LogP contribution in [0.15, 0.2) is 0 Å². The average Bonchev–Trinajstić information content (AvgIpc) is 2.12. The predicted octanol–water partition coefficient (Wildman–Crippen LogP) is -22.6. The third kappa shape index (κ3) is 22.7. The van der Waals surface area contributed by atoms with Crippen LogP contribution in [0.3, 0.4) is 0 Å². The first-order valence-corrected chi connectivity index (χ1v) is 4.24. The van der Waals surface area contributed by atoms with Crippen LogP contribution in [0, 0.1) is 0 Å². The van der Waals surface area contributed by atoms with Crippen molar-refractivity contribution in [1.29, 1.82) is 0 Å². The molecule has 2 fully saturated rings. The molecule has 12 nitrogen and oxygen atoms in total. The SMILES string of the molecule is [Ba+2].[Ba+2].[F-].[Na+].[Na+].[Na+].[O-]B1OB([O-])OB([O-])O1.[O-]B1OB([O-])OB([O-])O1. The second-order valence-electron chi connectivity index (χ2n) is 2.55. The Balaban J connectivity index is -0.0000000540. The molecule has 0 atom stereocenters. The van der Waals surface area contributed by atoms with Gasteiger partial charge in [0, 0.05) is 0 Å². The van der Waals surface area contributed by atoms with Crippen molar-refractivity contribution in [2.24, 2.45) is 0 Å².